The number of nitrogens with one attached hydrogen (secondary N) is 1. The predicted octanol–water partition coefficient (Wildman–Crippen LogP) is 1.09. The average molecular weight is 352 g/mol. The molecular weight excluding hydrogens is 320 g/mol. The van der Waals surface area contributed by atoms with Gasteiger partial charge in [-0.3, -0.25) is 14.6 Å². The van der Waals surface area contributed by atoms with E-state index in [1.807, 2.05) is 4.90 Å². The van der Waals surface area contributed by atoms with E-state index in [1.165, 1.54) is 7.11 Å². The van der Waals surface area contributed by atoms with E-state index in [0.29, 0.717) is 19.0 Å². The van der Waals surface area contributed by atoms with Crippen LogP contribution in [0.15, 0.2) is 4.99 Å². The van der Waals surface area contributed by atoms with Crippen LogP contribution in [0.1, 0.15) is 39.5 Å². The fraction of sp³-hybridized carbons (Fsp3) is 0.833. The van der Waals surface area contributed by atoms with Gasteiger partial charge in [-0.2, -0.15) is 0 Å². The molecule has 0 spiro atoms. The fourth-order valence-corrected chi connectivity index (χ4v) is 3.92. The van der Waals surface area contributed by atoms with Crippen LogP contribution < -0.4 is 5.32 Å². The molecular formula is C18H32N4O3. The second-order valence-corrected chi connectivity index (χ2v) is 7.03. The first-order valence-corrected chi connectivity index (χ1v) is 9.34. The zero-order valence-electron chi connectivity index (χ0n) is 16.0. The molecule has 2 rings (SSSR count). The molecule has 3 unspecified atom stereocenters. The number of ether oxygens (including phenoxy) is 1. The highest BCUT2D eigenvalue weighted by atomic mass is 16.5. The van der Waals surface area contributed by atoms with Crippen LogP contribution in [0, 0.1) is 11.8 Å². The third kappa shape index (κ3) is 4.64. The highest BCUT2D eigenvalue weighted by molar-refractivity contribution is 5.82. The highest BCUT2D eigenvalue weighted by Gasteiger charge is 2.37. The molecule has 0 aromatic carbocycles. The lowest BCUT2D eigenvalue weighted by Gasteiger charge is -2.28. The molecule has 2 heterocycles. The molecule has 2 aliphatic rings. The van der Waals surface area contributed by atoms with Gasteiger partial charge in [0.25, 0.3) is 0 Å². The Bertz CT molecular complexity index is 509. The molecule has 3 atom stereocenters. The van der Waals surface area contributed by atoms with E-state index < -0.39 is 0 Å². The van der Waals surface area contributed by atoms with E-state index in [-0.39, 0.29) is 23.7 Å². The van der Waals surface area contributed by atoms with E-state index in [2.05, 4.69) is 29.1 Å². The standard InChI is InChI=1S/C18H32N4O3/c1-5-14(22-10-6-7-16(22)23)8-9-20-18(19-3)21-11-13(2)15(12-21)17(24)25-4/h13-15H,5-12H2,1-4H3,(H,19,20). The highest BCUT2D eigenvalue weighted by Crippen LogP contribution is 2.24. The van der Waals surface area contributed by atoms with Crippen LogP contribution in [-0.2, 0) is 14.3 Å². The Kier molecular flexibility index (Phi) is 7.08. The summed E-state index contributed by atoms with van der Waals surface area (Å²) < 4.78 is 4.90. The molecule has 0 saturated carbocycles. The minimum absolute atomic E-state index is 0.103. The molecule has 0 bridgehead atoms. The molecule has 1 amide bonds. The topological polar surface area (TPSA) is 74.2 Å². The molecule has 0 aromatic rings. The summed E-state index contributed by atoms with van der Waals surface area (Å²) in [4.78, 5) is 32.3. The van der Waals surface area contributed by atoms with Gasteiger partial charge in [0.05, 0.1) is 13.0 Å². The van der Waals surface area contributed by atoms with Crippen LogP contribution in [0.5, 0.6) is 0 Å². The summed E-state index contributed by atoms with van der Waals surface area (Å²) in [7, 11) is 3.20. The summed E-state index contributed by atoms with van der Waals surface area (Å²) in [5.74, 6) is 1.10. The molecule has 0 aromatic heterocycles. The minimum atomic E-state index is -0.149. The lowest BCUT2D eigenvalue weighted by Crippen LogP contribution is -2.43. The Morgan fingerprint density at radius 3 is 2.76 bits per heavy atom. The van der Waals surface area contributed by atoms with Crippen molar-refractivity contribution in [3.63, 3.8) is 0 Å². The third-order valence-corrected chi connectivity index (χ3v) is 5.41. The summed E-state index contributed by atoms with van der Waals surface area (Å²) in [6.45, 7) is 7.28. The van der Waals surface area contributed by atoms with Crippen LogP contribution in [0.3, 0.4) is 0 Å². The van der Waals surface area contributed by atoms with E-state index in [9.17, 15) is 9.59 Å². The number of likely N-dealkylation sites (tertiary alicyclic amines) is 2. The van der Waals surface area contributed by atoms with Crippen molar-refractivity contribution >= 4 is 17.8 Å². The first-order chi connectivity index (χ1) is 12.0. The molecule has 7 heteroatoms. The summed E-state index contributed by atoms with van der Waals surface area (Å²) in [6.07, 6.45) is 3.54. The van der Waals surface area contributed by atoms with Gasteiger partial charge in [0.15, 0.2) is 5.96 Å². The van der Waals surface area contributed by atoms with Gasteiger partial charge in [-0.05, 0) is 25.2 Å². The second-order valence-electron chi connectivity index (χ2n) is 7.03. The Hall–Kier alpha value is -1.79. The summed E-state index contributed by atoms with van der Waals surface area (Å²) >= 11 is 0. The van der Waals surface area contributed by atoms with Gasteiger partial charge < -0.3 is 19.9 Å². The maximum absolute atomic E-state index is 11.9. The van der Waals surface area contributed by atoms with Crippen molar-refractivity contribution in [2.24, 2.45) is 16.8 Å². The summed E-state index contributed by atoms with van der Waals surface area (Å²) in [6, 6.07) is 0.293. The Morgan fingerprint density at radius 2 is 2.20 bits per heavy atom. The molecule has 142 valence electrons. The average Bonchev–Trinajstić information content (AvgIpc) is 3.20. The van der Waals surface area contributed by atoms with Crippen LogP contribution >= 0.6 is 0 Å². The number of hydrogen-bond acceptors (Lipinski definition) is 4. The molecule has 1 N–H and O–H groups in total. The molecule has 25 heavy (non-hydrogen) atoms. The van der Waals surface area contributed by atoms with Crippen LogP contribution in [0.4, 0.5) is 0 Å². The fourth-order valence-electron chi connectivity index (χ4n) is 3.92. The quantitative estimate of drug-likeness (QED) is 0.440. The van der Waals surface area contributed by atoms with E-state index in [1.54, 1.807) is 7.05 Å². The van der Waals surface area contributed by atoms with Gasteiger partial charge in [-0.1, -0.05) is 13.8 Å². The summed E-state index contributed by atoms with van der Waals surface area (Å²) in [5.41, 5.74) is 0. The molecule has 2 saturated heterocycles. The van der Waals surface area contributed by atoms with Crippen molar-refractivity contribution in [2.45, 2.75) is 45.6 Å². The van der Waals surface area contributed by atoms with Crippen molar-refractivity contribution in [1.29, 1.82) is 0 Å². The molecule has 0 aliphatic carbocycles. The van der Waals surface area contributed by atoms with E-state index in [0.717, 1.165) is 44.9 Å². The number of rotatable bonds is 6. The maximum atomic E-state index is 11.9. The number of guanidine groups is 1. The third-order valence-electron chi connectivity index (χ3n) is 5.41. The van der Waals surface area contributed by atoms with Crippen molar-refractivity contribution in [1.82, 2.24) is 15.1 Å². The Morgan fingerprint density at radius 1 is 1.44 bits per heavy atom. The molecule has 0 radical (unpaired) electrons. The van der Waals surface area contributed by atoms with Gasteiger partial charge in [0.1, 0.15) is 0 Å². The number of esters is 1. The van der Waals surface area contributed by atoms with Crippen LogP contribution in [-0.4, -0.2) is 74.0 Å². The zero-order valence-corrected chi connectivity index (χ0v) is 16.0. The molecule has 2 fully saturated rings. The number of carbonyl (C=O) groups excluding carboxylic acids is 2. The number of aliphatic imine (C=N–C) groups is 1. The Labute approximate surface area is 150 Å². The number of hydrogen-bond donors (Lipinski definition) is 1. The zero-order chi connectivity index (χ0) is 18.4. The Balaban J connectivity index is 1.84. The second kappa shape index (κ2) is 9.06. The monoisotopic (exact) mass is 352 g/mol. The lowest BCUT2D eigenvalue weighted by atomic mass is 9.99. The smallest absolute Gasteiger partial charge is 0.310 e. The lowest BCUT2D eigenvalue weighted by molar-refractivity contribution is -0.146. The minimum Gasteiger partial charge on any atom is -0.469 e. The van der Waals surface area contributed by atoms with Crippen molar-refractivity contribution < 1.29 is 14.3 Å². The van der Waals surface area contributed by atoms with Crippen molar-refractivity contribution in [3.8, 4) is 0 Å². The first kappa shape index (κ1) is 19.5. The van der Waals surface area contributed by atoms with Gasteiger partial charge in [-0.25, -0.2) is 0 Å². The van der Waals surface area contributed by atoms with Gasteiger partial charge in [0, 0.05) is 45.7 Å². The predicted molar refractivity (Wildman–Crippen MR) is 97.2 cm³/mol. The van der Waals surface area contributed by atoms with Gasteiger partial charge in [-0.15, -0.1) is 0 Å². The number of methoxy groups -OCH3 is 1. The number of nitrogens with zero attached hydrogens (tertiary/aromatic N) is 3. The largest absolute Gasteiger partial charge is 0.469 e. The van der Waals surface area contributed by atoms with Crippen LogP contribution in [0.2, 0.25) is 0 Å². The van der Waals surface area contributed by atoms with Crippen molar-refractivity contribution in [2.75, 3.05) is 40.3 Å². The van der Waals surface area contributed by atoms with Gasteiger partial charge >= 0.3 is 5.97 Å². The maximum Gasteiger partial charge on any atom is 0.310 e. The van der Waals surface area contributed by atoms with Crippen molar-refractivity contribution in [3.05, 3.63) is 0 Å². The molecule has 7 nitrogen and oxygen atoms in total. The van der Waals surface area contributed by atoms with Gasteiger partial charge in [0.2, 0.25) is 5.91 Å². The van der Waals surface area contributed by atoms with Crippen LogP contribution in [0.25, 0.3) is 0 Å². The normalized spacial score (nSPS) is 25.4. The van der Waals surface area contributed by atoms with E-state index in [4.69, 9.17) is 4.74 Å². The first-order valence-electron chi connectivity index (χ1n) is 9.34. The molecule has 2 aliphatic heterocycles. The summed E-state index contributed by atoms with van der Waals surface area (Å²) in [5, 5.41) is 3.40. The SMILES string of the molecule is CCC(CCNC(=NC)N1CC(C)C(C(=O)OC)C1)N1CCCC1=O. The van der Waals surface area contributed by atoms with E-state index >= 15 is 0 Å². The number of carbonyl (C=O) groups is 2. The number of amides is 1.